The molecule has 0 spiro atoms. The summed E-state index contributed by atoms with van der Waals surface area (Å²) in [5, 5.41) is 2.82. The van der Waals surface area contributed by atoms with Gasteiger partial charge in [0.05, 0.1) is 0 Å². The number of carbonyl (C=O) groups is 1. The molecule has 106 valence electrons. The predicted octanol–water partition coefficient (Wildman–Crippen LogP) is 3.64. The molecule has 0 atom stereocenters. The van der Waals surface area contributed by atoms with Crippen LogP contribution in [0.15, 0.2) is 42.7 Å². The van der Waals surface area contributed by atoms with Crippen molar-refractivity contribution in [2.75, 3.05) is 5.32 Å². The third-order valence-electron chi connectivity index (χ3n) is 3.08. The van der Waals surface area contributed by atoms with Crippen LogP contribution in [-0.4, -0.2) is 15.3 Å². The summed E-state index contributed by atoms with van der Waals surface area (Å²) in [6, 6.07) is 8.59. The summed E-state index contributed by atoms with van der Waals surface area (Å²) in [6.45, 7) is 1.93. The van der Waals surface area contributed by atoms with E-state index in [1.807, 2.05) is 25.1 Å². The number of halogens is 2. The second-order valence-electron chi connectivity index (χ2n) is 4.65. The van der Waals surface area contributed by atoms with Crippen LogP contribution in [0.25, 0.3) is 5.65 Å². The van der Waals surface area contributed by atoms with Crippen LogP contribution in [0, 0.1) is 16.3 Å². The lowest BCUT2D eigenvalue weighted by Crippen LogP contribution is -2.13. The van der Waals surface area contributed by atoms with Gasteiger partial charge in [0.1, 0.15) is 17.2 Å². The summed E-state index contributed by atoms with van der Waals surface area (Å²) in [6.07, 6.45) is 2.80. The third-order valence-corrected chi connectivity index (χ3v) is 3.76. The number of nitrogens with one attached hydrogen (secondary N) is 1. The maximum Gasteiger partial charge on any atom is 0.275 e. The van der Waals surface area contributed by atoms with Crippen molar-refractivity contribution in [1.82, 2.24) is 9.38 Å². The number of aryl methyl sites for hydroxylation is 1. The number of amides is 1. The van der Waals surface area contributed by atoms with Gasteiger partial charge in [-0.25, -0.2) is 9.37 Å². The second-order valence-corrected chi connectivity index (χ2v) is 5.90. The smallest absolute Gasteiger partial charge is 0.275 e. The zero-order valence-electron chi connectivity index (χ0n) is 11.1. The number of carbonyl (C=O) groups excluding carboxylic acids is 1. The van der Waals surface area contributed by atoms with Gasteiger partial charge < -0.3 is 9.72 Å². The Hall–Kier alpha value is -1.96. The monoisotopic (exact) mass is 395 g/mol. The highest BCUT2D eigenvalue weighted by Crippen LogP contribution is 2.18. The molecule has 1 amide bonds. The molecule has 3 rings (SSSR count). The van der Waals surface area contributed by atoms with E-state index < -0.39 is 0 Å². The average Bonchev–Trinajstić information content (AvgIpc) is 2.85. The maximum atomic E-state index is 13.1. The van der Waals surface area contributed by atoms with Gasteiger partial charge in [-0.05, 0) is 65.4 Å². The lowest BCUT2D eigenvalue weighted by Gasteiger charge is -2.07. The fraction of sp³-hybridized carbons (Fsp3) is 0.0667. The Labute approximate surface area is 134 Å². The molecule has 0 saturated carbocycles. The first-order valence-corrected chi connectivity index (χ1v) is 7.32. The Kier molecular flexibility index (Phi) is 3.62. The van der Waals surface area contributed by atoms with Crippen LogP contribution in [0.5, 0.6) is 0 Å². The lowest BCUT2D eigenvalue weighted by atomic mass is 10.2. The Balaban J connectivity index is 1.89. The van der Waals surface area contributed by atoms with Crippen LogP contribution in [0.4, 0.5) is 10.1 Å². The van der Waals surface area contributed by atoms with Gasteiger partial charge in [0.2, 0.25) is 0 Å². The van der Waals surface area contributed by atoms with Crippen LogP contribution in [0.2, 0.25) is 0 Å². The van der Waals surface area contributed by atoms with Crippen molar-refractivity contribution < 1.29 is 9.18 Å². The van der Waals surface area contributed by atoms with Gasteiger partial charge in [0.25, 0.3) is 5.91 Å². The molecule has 21 heavy (non-hydrogen) atoms. The van der Waals surface area contributed by atoms with Gasteiger partial charge >= 0.3 is 0 Å². The minimum Gasteiger partial charge on any atom is -0.320 e. The van der Waals surface area contributed by atoms with E-state index in [0.717, 1.165) is 14.8 Å². The third kappa shape index (κ3) is 2.90. The van der Waals surface area contributed by atoms with E-state index in [9.17, 15) is 9.18 Å². The number of fused-ring (bicyclic) bond motifs is 1. The molecule has 0 aliphatic heterocycles. The number of aromatic nitrogens is 2. The van der Waals surface area contributed by atoms with Gasteiger partial charge in [0, 0.05) is 21.7 Å². The number of hydrogen-bond acceptors (Lipinski definition) is 2. The van der Waals surface area contributed by atoms with Gasteiger partial charge in [-0.1, -0.05) is 0 Å². The van der Waals surface area contributed by atoms with Crippen molar-refractivity contribution in [3.63, 3.8) is 0 Å². The van der Waals surface area contributed by atoms with E-state index in [1.54, 1.807) is 0 Å². The molecule has 0 unspecified atom stereocenters. The molecule has 0 bridgehead atoms. The molecular formula is C15H11FIN3O. The highest BCUT2D eigenvalue weighted by atomic mass is 127. The fourth-order valence-electron chi connectivity index (χ4n) is 2.03. The number of rotatable bonds is 2. The van der Waals surface area contributed by atoms with E-state index >= 15 is 0 Å². The summed E-state index contributed by atoms with van der Waals surface area (Å²) in [4.78, 5) is 16.4. The van der Waals surface area contributed by atoms with Crippen LogP contribution in [-0.2, 0) is 0 Å². The Morgan fingerprint density at radius 1 is 1.29 bits per heavy atom. The minimum absolute atomic E-state index is 0.249. The zero-order chi connectivity index (χ0) is 15.0. The summed E-state index contributed by atoms with van der Waals surface area (Å²) < 4.78 is 15.7. The number of pyridine rings is 1. The Morgan fingerprint density at radius 3 is 2.86 bits per heavy atom. The van der Waals surface area contributed by atoms with Gasteiger partial charge in [-0.2, -0.15) is 0 Å². The molecular weight excluding hydrogens is 384 g/mol. The van der Waals surface area contributed by atoms with Crippen molar-refractivity contribution in [1.29, 1.82) is 0 Å². The fourth-order valence-corrected chi connectivity index (χ4v) is 2.67. The summed E-state index contributed by atoms with van der Waals surface area (Å²) in [5.74, 6) is -0.691. The summed E-state index contributed by atoms with van der Waals surface area (Å²) >= 11 is 2.22. The quantitative estimate of drug-likeness (QED) is 0.674. The minimum atomic E-state index is -0.375. The zero-order valence-corrected chi connectivity index (χ0v) is 13.3. The largest absolute Gasteiger partial charge is 0.320 e. The van der Waals surface area contributed by atoms with Crippen LogP contribution < -0.4 is 5.32 Å². The molecule has 2 aromatic heterocycles. The molecule has 6 heteroatoms. The van der Waals surface area contributed by atoms with Crippen LogP contribution >= 0.6 is 22.6 Å². The molecule has 0 saturated heterocycles. The first-order chi connectivity index (χ1) is 10.0. The number of hydrogen-bond donors (Lipinski definition) is 1. The topological polar surface area (TPSA) is 46.4 Å². The maximum absolute atomic E-state index is 13.1. The standard InChI is InChI=1S/C15H11FIN3O/c1-9-6-11(17)3-4-12(9)19-15(21)13-8-20-7-10(16)2-5-14(20)18-13/h2-8H,1H3,(H,19,21). The normalized spacial score (nSPS) is 10.8. The Bertz CT molecular complexity index is 844. The predicted molar refractivity (Wildman–Crippen MR) is 87.0 cm³/mol. The summed E-state index contributed by atoms with van der Waals surface area (Å²) in [5.41, 5.74) is 2.49. The molecule has 3 aromatic rings. The van der Waals surface area contributed by atoms with Gasteiger partial charge in [-0.15, -0.1) is 0 Å². The van der Waals surface area contributed by atoms with Crippen molar-refractivity contribution in [3.8, 4) is 0 Å². The molecule has 0 fully saturated rings. The number of imidazole rings is 1. The average molecular weight is 395 g/mol. The van der Waals surface area contributed by atoms with E-state index in [-0.39, 0.29) is 17.4 Å². The molecule has 4 nitrogen and oxygen atoms in total. The molecule has 1 aromatic carbocycles. The van der Waals surface area contributed by atoms with E-state index in [2.05, 4.69) is 32.9 Å². The Morgan fingerprint density at radius 2 is 2.10 bits per heavy atom. The highest BCUT2D eigenvalue weighted by molar-refractivity contribution is 14.1. The lowest BCUT2D eigenvalue weighted by molar-refractivity contribution is 0.102. The van der Waals surface area contributed by atoms with Crippen molar-refractivity contribution in [2.24, 2.45) is 0 Å². The van der Waals surface area contributed by atoms with Crippen molar-refractivity contribution in [3.05, 3.63) is 63.4 Å². The first-order valence-electron chi connectivity index (χ1n) is 6.25. The number of benzene rings is 1. The number of nitrogens with zero attached hydrogens (tertiary/aromatic N) is 2. The van der Waals surface area contributed by atoms with E-state index in [0.29, 0.717) is 5.65 Å². The van der Waals surface area contributed by atoms with Crippen molar-refractivity contribution in [2.45, 2.75) is 6.92 Å². The molecule has 0 aliphatic rings. The van der Waals surface area contributed by atoms with E-state index in [1.165, 1.54) is 28.9 Å². The molecule has 0 aliphatic carbocycles. The number of anilines is 1. The van der Waals surface area contributed by atoms with Gasteiger partial charge in [-0.3, -0.25) is 4.79 Å². The van der Waals surface area contributed by atoms with Crippen LogP contribution in [0.1, 0.15) is 16.1 Å². The molecule has 2 heterocycles. The highest BCUT2D eigenvalue weighted by Gasteiger charge is 2.12. The molecule has 0 radical (unpaired) electrons. The van der Waals surface area contributed by atoms with Crippen molar-refractivity contribution >= 4 is 39.8 Å². The van der Waals surface area contributed by atoms with Gasteiger partial charge in [0.15, 0.2) is 0 Å². The second kappa shape index (κ2) is 5.44. The van der Waals surface area contributed by atoms with E-state index in [4.69, 9.17) is 0 Å². The first kappa shape index (κ1) is 14.0. The SMILES string of the molecule is Cc1cc(I)ccc1NC(=O)c1cn2cc(F)ccc2n1. The summed E-state index contributed by atoms with van der Waals surface area (Å²) in [7, 11) is 0. The molecule has 1 N–H and O–H groups in total. The van der Waals surface area contributed by atoms with Crippen LogP contribution in [0.3, 0.4) is 0 Å².